The standard InChI is InChI=1S/C14H11ClN2O5/c15-11-3-1-2-10(8-11)9-21-16-14(18)22-13-6-4-12(5-7-13)17(19)20/h1-8H,9H2,(H,16,18). The molecule has 0 fully saturated rings. The quantitative estimate of drug-likeness (QED) is 0.672. The summed E-state index contributed by atoms with van der Waals surface area (Å²) in [4.78, 5) is 26.4. The predicted molar refractivity (Wildman–Crippen MR) is 78.5 cm³/mol. The fourth-order valence-electron chi connectivity index (χ4n) is 1.57. The summed E-state index contributed by atoms with van der Waals surface area (Å²) >= 11 is 5.81. The molecular formula is C14H11ClN2O5. The van der Waals surface area contributed by atoms with Gasteiger partial charge in [0.2, 0.25) is 0 Å². The molecule has 2 aromatic carbocycles. The number of non-ortho nitro benzene ring substituents is 1. The van der Waals surface area contributed by atoms with Crippen LogP contribution in [0.25, 0.3) is 0 Å². The molecule has 0 aromatic heterocycles. The largest absolute Gasteiger partial charge is 0.436 e. The Labute approximate surface area is 130 Å². The van der Waals surface area contributed by atoms with Crippen LogP contribution in [0.2, 0.25) is 5.02 Å². The second-order valence-corrected chi connectivity index (χ2v) is 4.60. The molecule has 0 aliphatic heterocycles. The van der Waals surface area contributed by atoms with Crippen molar-refractivity contribution in [2.24, 2.45) is 0 Å². The van der Waals surface area contributed by atoms with Crippen molar-refractivity contribution in [3.8, 4) is 5.75 Å². The number of hydrogen-bond donors (Lipinski definition) is 1. The van der Waals surface area contributed by atoms with Crippen LogP contribution in [0, 0.1) is 10.1 Å². The third kappa shape index (κ3) is 4.72. The number of hydrogen-bond acceptors (Lipinski definition) is 5. The lowest BCUT2D eigenvalue weighted by Gasteiger charge is -2.07. The van der Waals surface area contributed by atoms with Crippen LogP contribution in [0.5, 0.6) is 5.75 Å². The molecule has 0 spiro atoms. The van der Waals surface area contributed by atoms with Gasteiger partial charge in [0.05, 0.1) is 11.5 Å². The molecule has 0 heterocycles. The van der Waals surface area contributed by atoms with Gasteiger partial charge in [-0.25, -0.2) is 4.79 Å². The van der Waals surface area contributed by atoms with Gasteiger partial charge in [0.1, 0.15) is 5.75 Å². The number of halogens is 1. The Hall–Kier alpha value is -2.64. The molecule has 2 aromatic rings. The van der Waals surface area contributed by atoms with Crippen molar-refractivity contribution in [2.45, 2.75) is 6.61 Å². The number of nitro benzene ring substituents is 1. The first-order valence-electron chi connectivity index (χ1n) is 6.13. The van der Waals surface area contributed by atoms with Crippen molar-refractivity contribution in [1.82, 2.24) is 5.48 Å². The minimum atomic E-state index is -0.837. The summed E-state index contributed by atoms with van der Waals surface area (Å²) in [5.41, 5.74) is 2.79. The third-order valence-corrected chi connectivity index (χ3v) is 2.78. The molecule has 8 heteroatoms. The molecule has 0 saturated heterocycles. The fourth-order valence-corrected chi connectivity index (χ4v) is 1.78. The van der Waals surface area contributed by atoms with Crippen LogP contribution in [0.4, 0.5) is 10.5 Å². The Kier molecular flexibility index (Phi) is 5.29. The number of carbonyl (C=O) groups is 1. The monoisotopic (exact) mass is 322 g/mol. The Morgan fingerprint density at radius 2 is 1.95 bits per heavy atom. The molecule has 2 rings (SSSR count). The summed E-state index contributed by atoms with van der Waals surface area (Å²) in [6.45, 7) is 0.121. The maximum atomic E-state index is 11.5. The number of nitro groups is 1. The second-order valence-electron chi connectivity index (χ2n) is 4.16. The molecule has 0 atom stereocenters. The van der Waals surface area contributed by atoms with Crippen LogP contribution in [0.3, 0.4) is 0 Å². The molecule has 1 N–H and O–H groups in total. The minimum Gasteiger partial charge on any atom is -0.409 e. The summed E-state index contributed by atoms with van der Waals surface area (Å²) in [5.74, 6) is 0.162. The minimum absolute atomic E-state index is 0.0926. The highest BCUT2D eigenvalue weighted by atomic mass is 35.5. The molecule has 7 nitrogen and oxygen atoms in total. The van der Waals surface area contributed by atoms with E-state index in [9.17, 15) is 14.9 Å². The number of ether oxygens (including phenoxy) is 1. The number of carbonyl (C=O) groups excluding carboxylic acids is 1. The Morgan fingerprint density at radius 3 is 2.59 bits per heavy atom. The van der Waals surface area contributed by atoms with E-state index in [1.54, 1.807) is 24.3 Å². The Balaban J connectivity index is 1.79. The maximum absolute atomic E-state index is 11.5. The highest BCUT2D eigenvalue weighted by molar-refractivity contribution is 6.30. The van der Waals surface area contributed by atoms with Gasteiger partial charge in [0.15, 0.2) is 0 Å². The lowest BCUT2D eigenvalue weighted by Crippen LogP contribution is -2.26. The zero-order valence-corrected chi connectivity index (χ0v) is 11.9. The normalized spacial score (nSPS) is 10.0. The Bertz CT molecular complexity index is 675. The summed E-state index contributed by atoms with van der Waals surface area (Å²) in [6.07, 6.45) is -0.837. The second kappa shape index (κ2) is 7.39. The maximum Gasteiger partial charge on any atom is 0.436 e. The number of nitrogens with zero attached hydrogens (tertiary/aromatic N) is 1. The van der Waals surface area contributed by atoms with E-state index in [2.05, 4.69) is 5.48 Å². The van der Waals surface area contributed by atoms with Crippen LogP contribution in [0.1, 0.15) is 5.56 Å². The fraction of sp³-hybridized carbons (Fsp3) is 0.0714. The Morgan fingerprint density at radius 1 is 1.23 bits per heavy atom. The molecule has 0 unspecified atom stereocenters. The van der Waals surface area contributed by atoms with E-state index in [1.165, 1.54) is 24.3 Å². The summed E-state index contributed by atoms with van der Waals surface area (Å²) in [5, 5.41) is 11.1. The number of benzene rings is 2. The van der Waals surface area contributed by atoms with E-state index in [0.29, 0.717) is 5.02 Å². The van der Waals surface area contributed by atoms with E-state index in [4.69, 9.17) is 21.2 Å². The topological polar surface area (TPSA) is 90.7 Å². The van der Waals surface area contributed by atoms with Gasteiger partial charge >= 0.3 is 6.09 Å². The van der Waals surface area contributed by atoms with Crippen molar-refractivity contribution in [3.05, 3.63) is 69.2 Å². The first-order chi connectivity index (χ1) is 10.5. The lowest BCUT2D eigenvalue weighted by molar-refractivity contribution is -0.384. The van der Waals surface area contributed by atoms with Crippen LogP contribution < -0.4 is 10.2 Å². The van der Waals surface area contributed by atoms with Crippen molar-refractivity contribution in [2.75, 3.05) is 0 Å². The van der Waals surface area contributed by atoms with E-state index in [1.807, 2.05) is 0 Å². The highest BCUT2D eigenvalue weighted by Crippen LogP contribution is 2.17. The van der Waals surface area contributed by atoms with Crippen molar-refractivity contribution in [1.29, 1.82) is 0 Å². The van der Waals surface area contributed by atoms with Crippen molar-refractivity contribution in [3.63, 3.8) is 0 Å². The molecule has 0 bridgehead atoms. The molecular weight excluding hydrogens is 312 g/mol. The van der Waals surface area contributed by atoms with Crippen LogP contribution in [-0.2, 0) is 11.4 Å². The lowest BCUT2D eigenvalue weighted by atomic mass is 10.2. The van der Waals surface area contributed by atoms with Gasteiger partial charge in [-0.15, -0.1) is 0 Å². The average molecular weight is 323 g/mol. The molecule has 0 radical (unpaired) electrons. The van der Waals surface area contributed by atoms with Crippen LogP contribution >= 0.6 is 11.6 Å². The summed E-state index contributed by atoms with van der Waals surface area (Å²) in [7, 11) is 0. The first kappa shape index (κ1) is 15.7. The van der Waals surface area contributed by atoms with Gasteiger partial charge in [-0.05, 0) is 29.8 Å². The molecule has 22 heavy (non-hydrogen) atoms. The van der Waals surface area contributed by atoms with Crippen molar-refractivity contribution >= 4 is 23.4 Å². The van der Waals surface area contributed by atoms with Crippen LogP contribution in [0.15, 0.2) is 48.5 Å². The average Bonchev–Trinajstić information content (AvgIpc) is 2.48. The molecule has 0 saturated carbocycles. The first-order valence-corrected chi connectivity index (χ1v) is 6.51. The molecule has 1 amide bonds. The van der Waals surface area contributed by atoms with E-state index in [0.717, 1.165) is 5.56 Å². The van der Waals surface area contributed by atoms with E-state index >= 15 is 0 Å². The molecule has 0 aliphatic carbocycles. The van der Waals surface area contributed by atoms with Gasteiger partial charge in [-0.1, -0.05) is 23.7 Å². The van der Waals surface area contributed by atoms with Gasteiger partial charge in [0, 0.05) is 17.2 Å². The zero-order valence-electron chi connectivity index (χ0n) is 11.2. The zero-order chi connectivity index (χ0) is 15.9. The smallest absolute Gasteiger partial charge is 0.409 e. The van der Waals surface area contributed by atoms with Crippen molar-refractivity contribution < 1.29 is 19.3 Å². The van der Waals surface area contributed by atoms with Gasteiger partial charge in [-0.3, -0.25) is 15.0 Å². The number of nitrogens with one attached hydrogen (secondary N) is 1. The number of rotatable bonds is 5. The van der Waals surface area contributed by atoms with E-state index < -0.39 is 11.0 Å². The summed E-state index contributed by atoms with van der Waals surface area (Å²) < 4.78 is 4.89. The number of hydroxylamine groups is 1. The molecule has 0 aliphatic rings. The highest BCUT2D eigenvalue weighted by Gasteiger charge is 2.08. The molecule has 114 valence electrons. The number of amides is 1. The van der Waals surface area contributed by atoms with E-state index in [-0.39, 0.29) is 18.0 Å². The SMILES string of the molecule is O=C(NOCc1cccc(Cl)c1)Oc1ccc([N+](=O)[O-])cc1. The van der Waals surface area contributed by atoms with Gasteiger partial charge < -0.3 is 4.74 Å². The van der Waals surface area contributed by atoms with Gasteiger partial charge in [-0.2, -0.15) is 5.48 Å². The third-order valence-electron chi connectivity index (χ3n) is 2.54. The summed E-state index contributed by atoms with van der Waals surface area (Å²) in [6, 6.07) is 12.1. The predicted octanol–water partition coefficient (Wildman–Crippen LogP) is 3.47. The van der Waals surface area contributed by atoms with Crippen LogP contribution in [-0.4, -0.2) is 11.0 Å². The van der Waals surface area contributed by atoms with Gasteiger partial charge in [0.25, 0.3) is 5.69 Å².